The van der Waals surface area contributed by atoms with E-state index in [4.69, 9.17) is 11.5 Å². The Hall–Kier alpha value is -1.96. The van der Waals surface area contributed by atoms with Crippen molar-refractivity contribution < 1.29 is 43.9 Å². The Kier molecular flexibility index (Phi) is 5.61. The number of rotatable bonds is 4. The molecule has 0 saturated heterocycles. The van der Waals surface area contributed by atoms with Gasteiger partial charge < -0.3 is 11.5 Å². The lowest BCUT2D eigenvalue weighted by Crippen LogP contribution is -2.82. The van der Waals surface area contributed by atoms with Gasteiger partial charge in [-0.3, -0.25) is 0 Å². The Morgan fingerprint density at radius 2 is 0.688 bits per heavy atom. The van der Waals surface area contributed by atoms with E-state index in [-0.39, 0.29) is 11.4 Å². The van der Waals surface area contributed by atoms with Gasteiger partial charge >= 0.3 is 23.7 Å². The molecule has 0 aliphatic heterocycles. The van der Waals surface area contributed by atoms with Crippen LogP contribution in [0.3, 0.4) is 0 Å². The zero-order valence-electron chi connectivity index (χ0n) is 15.4. The highest BCUT2D eigenvalue weighted by molar-refractivity contribution is 8.04. The fraction of sp³-hybridized carbons (Fsp3) is 0.333. The molecule has 2 aromatic carbocycles. The van der Waals surface area contributed by atoms with E-state index in [1.807, 2.05) is 0 Å². The summed E-state index contributed by atoms with van der Waals surface area (Å²) in [5, 5.41) is -11.1. The Labute approximate surface area is 182 Å². The Balaban J connectivity index is 2.28. The maximum Gasteiger partial charge on any atom is 0.382 e. The summed E-state index contributed by atoms with van der Waals surface area (Å²) in [5.74, 6) is -27.1. The van der Waals surface area contributed by atoms with Crippen LogP contribution >= 0.6 is 23.5 Å². The molecule has 176 valence electrons. The van der Waals surface area contributed by atoms with Gasteiger partial charge in [-0.25, -0.2) is 8.78 Å². The van der Waals surface area contributed by atoms with Crippen LogP contribution in [0.1, 0.15) is 0 Å². The molecule has 0 radical (unpaired) electrons. The van der Waals surface area contributed by atoms with Gasteiger partial charge in [0, 0.05) is 21.2 Å². The highest BCUT2D eigenvalue weighted by Gasteiger charge is 3.00. The van der Waals surface area contributed by atoms with Crippen molar-refractivity contribution in [2.24, 2.45) is 0 Å². The molecule has 2 atom stereocenters. The Morgan fingerprint density at radius 3 is 0.938 bits per heavy atom. The van der Waals surface area contributed by atoms with Crippen molar-refractivity contribution >= 4 is 34.9 Å². The van der Waals surface area contributed by atoms with E-state index in [0.717, 1.165) is 48.5 Å². The number of nitrogen functional groups attached to an aromatic ring is 2. The summed E-state index contributed by atoms with van der Waals surface area (Å²) in [6.07, 6.45) is 0. The van der Waals surface area contributed by atoms with E-state index in [2.05, 4.69) is 0 Å². The van der Waals surface area contributed by atoms with Gasteiger partial charge in [0.25, 0.3) is 10.0 Å². The van der Waals surface area contributed by atoms with Crippen molar-refractivity contribution in [3.8, 4) is 0 Å². The third-order valence-corrected chi connectivity index (χ3v) is 7.46. The molecule has 14 heteroatoms. The zero-order chi connectivity index (χ0) is 24.4. The van der Waals surface area contributed by atoms with E-state index in [1.165, 1.54) is 0 Å². The van der Waals surface area contributed by atoms with Gasteiger partial charge in [-0.05, 0) is 48.5 Å². The monoisotopic (exact) mass is 510 g/mol. The molecule has 0 aromatic heterocycles. The van der Waals surface area contributed by atoms with Gasteiger partial charge in [-0.2, -0.15) is 35.1 Å². The minimum atomic E-state index is -6.95. The Bertz CT molecular complexity index is 918. The number of benzene rings is 2. The first kappa shape index (κ1) is 24.7. The highest BCUT2D eigenvalue weighted by Crippen LogP contribution is 2.75. The quantitative estimate of drug-likeness (QED) is 0.359. The van der Waals surface area contributed by atoms with Crippen LogP contribution in [0.15, 0.2) is 58.3 Å². The van der Waals surface area contributed by atoms with Crippen molar-refractivity contribution in [3.05, 3.63) is 48.5 Å². The van der Waals surface area contributed by atoms with Crippen LogP contribution in [0.5, 0.6) is 0 Å². The maximum atomic E-state index is 15.8. The SMILES string of the molecule is Nc1ccc(SC2(F)C(F)(F)C(F)(F)C(F)(F)C(F)(F)C2(F)Sc2ccc(N)cc2)cc1. The van der Waals surface area contributed by atoms with E-state index in [9.17, 15) is 35.1 Å². The van der Waals surface area contributed by atoms with Gasteiger partial charge in [0.15, 0.2) is 0 Å². The zero-order valence-corrected chi connectivity index (χ0v) is 17.0. The molecule has 4 N–H and O–H groups in total. The Morgan fingerprint density at radius 1 is 0.438 bits per heavy atom. The lowest BCUT2D eigenvalue weighted by molar-refractivity contribution is -0.434. The van der Waals surface area contributed by atoms with Crippen molar-refractivity contribution in [1.82, 2.24) is 0 Å². The summed E-state index contributed by atoms with van der Waals surface area (Å²) in [7, 11) is 0. The molecule has 1 saturated carbocycles. The predicted molar refractivity (Wildman–Crippen MR) is 101 cm³/mol. The van der Waals surface area contributed by atoms with Crippen LogP contribution in [0, 0.1) is 0 Å². The van der Waals surface area contributed by atoms with Crippen LogP contribution in [0.4, 0.5) is 55.3 Å². The average molecular weight is 510 g/mol. The summed E-state index contributed by atoms with van der Waals surface area (Å²) in [4.78, 5) is -1.48. The lowest BCUT2D eigenvalue weighted by Gasteiger charge is -2.54. The second-order valence-corrected chi connectivity index (χ2v) is 9.31. The molecule has 32 heavy (non-hydrogen) atoms. The summed E-state index contributed by atoms with van der Waals surface area (Å²) in [5.41, 5.74) is 10.7. The molecule has 0 amide bonds. The standard InChI is InChI=1S/C18H12F10N2S2/c19-13(20)14(21,22)16(25,26)18(28,32-12-7-3-10(30)4-8-12)17(27,15(13,23)24)31-11-5-1-9(29)2-6-11/h1-8H,29-30H2. The molecule has 3 rings (SSSR count). The largest absolute Gasteiger partial charge is 0.399 e. The molecule has 2 nitrogen and oxygen atoms in total. The first-order valence-corrected chi connectivity index (χ1v) is 10.1. The predicted octanol–water partition coefficient (Wildman–Crippen LogP) is 6.62. The van der Waals surface area contributed by atoms with Crippen molar-refractivity contribution in [2.75, 3.05) is 11.5 Å². The van der Waals surface area contributed by atoms with Gasteiger partial charge in [0.1, 0.15) is 0 Å². The van der Waals surface area contributed by atoms with Gasteiger partial charge in [-0.15, -0.1) is 0 Å². The van der Waals surface area contributed by atoms with Gasteiger partial charge in [0.05, 0.1) is 0 Å². The number of alkyl halides is 10. The second-order valence-electron chi connectivity index (χ2n) is 6.83. The van der Waals surface area contributed by atoms with Crippen LogP contribution in [-0.2, 0) is 0 Å². The summed E-state index contributed by atoms with van der Waals surface area (Å²) < 4.78 is 146. The highest BCUT2D eigenvalue weighted by atomic mass is 32.2. The molecule has 0 bridgehead atoms. The molecular weight excluding hydrogens is 498 g/mol. The van der Waals surface area contributed by atoms with E-state index in [0.29, 0.717) is 0 Å². The summed E-state index contributed by atoms with van der Waals surface area (Å²) in [6.45, 7) is 0. The first-order chi connectivity index (χ1) is 14.4. The fourth-order valence-corrected chi connectivity index (χ4v) is 5.33. The fourth-order valence-electron chi connectivity index (χ4n) is 2.86. The third kappa shape index (κ3) is 3.05. The van der Waals surface area contributed by atoms with Gasteiger partial charge in [0.2, 0.25) is 0 Å². The summed E-state index contributed by atoms with van der Waals surface area (Å²) in [6, 6.07) is 6.89. The molecule has 2 aromatic rings. The number of nitrogens with two attached hydrogens (primary N) is 2. The van der Waals surface area contributed by atoms with E-state index >= 15 is 8.78 Å². The third-order valence-electron chi connectivity index (χ3n) is 4.68. The molecule has 0 spiro atoms. The maximum absolute atomic E-state index is 15.8. The smallest absolute Gasteiger partial charge is 0.382 e. The van der Waals surface area contributed by atoms with Gasteiger partial charge in [-0.1, -0.05) is 23.5 Å². The molecular formula is C18H12F10N2S2. The van der Waals surface area contributed by atoms with Crippen molar-refractivity contribution in [1.29, 1.82) is 0 Å². The number of halogens is 10. The topological polar surface area (TPSA) is 52.0 Å². The van der Waals surface area contributed by atoms with Crippen LogP contribution in [-0.4, -0.2) is 33.7 Å². The number of hydrogen-bond donors (Lipinski definition) is 2. The van der Waals surface area contributed by atoms with E-state index in [1.54, 1.807) is 0 Å². The average Bonchev–Trinajstić information content (AvgIpc) is 2.69. The first-order valence-electron chi connectivity index (χ1n) is 8.43. The molecule has 0 heterocycles. The number of anilines is 2. The van der Waals surface area contributed by atoms with Crippen molar-refractivity contribution in [3.63, 3.8) is 0 Å². The molecule has 2 unspecified atom stereocenters. The molecule has 1 aliphatic rings. The molecule has 1 aliphatic carbocycles. The van der Waals surface area contributed by atoms with Crippen LogP contribution in [0.2, 0.25) is 0 Å². The van der Waals surface area contributed by atoms with Crippen LogP contribution < -0.4 is 11.5 Å². The molecule has 1 fully saturated rings. The normalized spacial score (nSPS) is 30.1. The van der Waals surface area contributed by atoms with Crippen molar-refractivity contribution in [2.45, 2.75) is 43.5 Å². The lowest BCUT2D eigenvalue weighted by atomic mass is 9.81. The number of thioether (sulfide) groups is 2. The second kappa shape index (κ2) is 7.27. The summed E-state index contributed by atoms with van der Waals surface area (Å²) >= 11 is -2.14. The number of hydrogen-bond acceptors (Lipinski definition) is 4. The minimum absolute atomic E-state index is 0.0115. The van der Waals surface area contributed by atoms with Crippen LogP contribution in [0.25, 0.3) is 0 Å². The van der Waals surface area contributed by atoms with E-state index < -0.39 is 67.0 Å². The minimum Gasteiger partial charge on any atom is -0.399 e.